The van der Waals surface area contributed by atoms with E-state index in [0.717, 1.165) is 38.5 Å². The molecule has 0 heterocycles. The molecule has 0 radical (unpaired) electrons. The number of carbonyl (C=O) groups is 3. The molecule has 0 aliphatic heterocycles. The predicted octanol–water partition coefficient (Wildman–Crippen LogP) is 6.22. The Morgan fingerprint density at radius 1 is 0.600 bits per heavy atom. The lowest BCUT2D eigenvalue weighted by Gasteiger charge is -2.43. The monoisotopic (exact) mass is 498 g/mol. The fourth-order valence-electron chi connectivity index (χ4n) is 4.86. The average molecular weight is 499 g/mol. The van der Waals surface area contributed by atoms with Crippen molar-refractivity contribution >= 4 is 17.9 Å². The Morgan fingerprint density at radius 2 is 0.971 bits per heavy atom. The number of rotatable bonds is 23. The van der Waals surface area contributed by atoms with Crippen molar-refractivity contribution in [2.75, 3.05) is 26.2 Å². The Kier molecular flexibility index (Phi) is 18.3. The molecule has 0 bridgehead atoms. The Bertz CT molecular complexity index is 573. The van der Waals surface area contributed by atoms with Crippen LogP contribution >= 0.6 is 0 Å². The largest absolute Gasteiger partial charge is 0.481 e. The molecule has 0 aliphatic rings. The lowest BCUT2D eigenvalue weighted by Crippen LogP contribution is -2.58. The third kappa shape index (κ3) is 14.3. The van der Waals surface area contributed by atoms with E-state index < -0.39 is 35.7 Å². The van der Waals surface area contributed by atoms with Crippen molar-refractivity contribution in [3.05, 3.63) is 12.2 Å². The van der Waals surface area contributed by atoms with Crippen LogP contribution in [-0.4, -0.2) is 63.9 Å². The van der Waals surface area contributed by atoms with E-state index >= 15 is 0 Å². The molecule has 0 aromatic heterocycles. The summed E-state index contributed by atoms with van der Waals surface area (Å²) < 4.78 is 0.248. The molecule has 0 aromatic carbocycles. The highest BCUT2D eigenvalue weighted by Gasteiger charge is 2.40. The van der Waals surface area contributed by atoms with Gasteiger partial charge in [0, 0.05) is 0 Å². The molecular weight excluding hydrogens is 446 g/mol. The van der Waals surface area contributed by atoms with Crippen LogP contribution in [0.1, 0.15) is 105 Å². The van der Waals surface area contributed by atoms with Gasteiger partial charge in [-0.2, -0.15) is 0 Å². The molecule has 0 fully saturated rings. The first-order valence-electron chi connectivity index (χ1n) is 13.8. The normalized spacial score (nSPS) is 16.0. The third-order valence-electron chi connectivity index (χ3n) is 7.24. The number of unbranched alkanes of at least 4 members (excludes halogenated alkanes) is 7. The van der Waals surface area contributed by atoms with E-state index in [4.69, 9.17) is 0 Å². The number of carboxylic acid groups (broad SMARTS) is 3. The third-order valence-corrected chi connectivity index (χ3v) is 7.24. The number of hydrogen-bond acceptors (Lipinski definition) is 3. The minimum atomic E-state index is -0.896. The molecule has 7 nitrogen and oxygen atoms in total. The molecular formula is C28H52NO6+. The van der Waals surface area contributed by atoms with Crippen LogP contribution in [0.2, 0.25) is 0 Å². The fourth-order valence-corrected chi connectivity index (χ4v) is 4.86. The predicted molar refractivity (Wildman–Crippen MR) is 140 cm³/mol. The van der Waals surface area contributed by atoms with Crippen LogP contribution in [0.4, 0.5) is 0 Å². The maximum Gasteiger partial charge on any atom is 0.312 e. The van der Waals surface area contributed by atoms with E-state index in [9.17, 15) is 29.7 Å². The summed E-state index contributed by atoms with van der Waals surface area (Å²) in [6.07, 6.45) is 15.7. The lowest BCUT2D eigenvalue weighted by molar-refractivity contribution is -0.935. The van der Waals surface area contributed by atoms with Crippen molar-refractivity contribution in [3.63, 3.8) is 0 Å². The maximum absolute atomic E-state index is 11.9. The van der Waals surface area contributed by atoms with Crippen molar-refractivity contribution in [2.24, 2.45) is 17.8 Å². The van der Waals surface area contributed by atoms with Gasteiger partial charge in [0.25, 0.3) is 0 Å². The second-order valence-corrected chi connectivity index (χ2v) is 10.1. The highest BCUT2D eigenvalue weighted by atomic mass is 16.4. The number of hydrogen-bond donors (Lipinski definition) is 3. The van der Waals surface area contributed by atoms with Crippen LogP contribution in [0.15, 0.2) is 12.2 Å². The van der Waals surface area contributed by atoms with Crippen LogP contribution in [0.25, 0.3) is 0 Å². The van der Waals surface area contributed by atoms with Gasteiger partial charge in [0.15, 0.2) is 0 Å². The van der Waals surface area contributed by atoms with Gasteiger partial charge >= 0.3 is 17.9 Å². The SMILES string of the molecule is CCCCC/C=C/CCCCCC[N+](CC(CC)C(=O)O)(CC(CC)C(=O)O)CC(CC)C(=O)O. The summed E-state index contributed by atoms with van der Waals surface area (Å²) in [6, 6.07) is 0. The van der Waals surface area contributed by atoms with Gasteiger partial charge in [0.2, 0.25) is 0 Å². The molecule has 0 rings (SSSR count). The number of nitrogens with zero attached hydrogens (tertiary/aromatic N) is 1. The van der Waals surface area contributed by atoms with E-state index in [0.29, 0.717) is 25.8 Å². The van der Waals surface area contributed by atoms with E-state index in [-0.39, 0.29) is 24.1 Å². The molecule has 204 valence electrons. The van der Waals surface area contributed by atoms with Crippen LogP contribution in [-0.2, 0) is 14.4 Å². The van der Waals surface area contributed by atoms with Crippen LogP contribution in [0.5, 0.6) is 0 Å². The molecule has 7 heteroatoms. The zero-order valence-electron chi connectivity index (χ0n) is 22.7. The van der Waals surface area contributed by atoms with E-state index in [1.807, 2.05) is 20.8 Å². The topological polar surface area (TPSA) is 112 Å². The highest BCUT2D eigenvalue weighted by molar-refractivity contribution is 5.71. The van der Waals surface area contributed by atoms with Crippen molar-refractivity contribution < 1.29 is 34.2 Å². The molecule has 0 amide bonds. The molecule has 0 aromatic rings. The molecule has 3 atom stereocenters. The first-order valence-corrected chi connectivity index (χ1v) is 13.8. The molecule has 35 heavy (non-hydrogen) atoms. The van der Waals surface area contributed by atoms with Gasteiger partial charge in [0.05, 0.1) is 26.2 Å². The molecule has 3 unspecified atom stereocenters. The average Bonchev–Trinajstić information content (AvgIpc) is 2.82. The van der Waals surface area contributed by atoms with Crippen molar-refractivity contribution in [1.29, 1.82) is 0 Å². The van der Waals surface area contributed by atoms with Gasteiger partial charge in [-0.05, 0) is 57.8 Å². The Morgan fingerprint density at radius 3 is 1.31 bits per heavy atom. The second kappa shape index (κ2) is 19.3. The summed E-state index contributed by atoms with van der Waals surface area (Å²) in [5.41, 5.74) is 0. The minimum absolute atomic E-state index is 0.248. The molecule has 0 aliphatic carbocycles. The number of aliphatic carboxylic acids is 3. The van der Waals surface area contributed by atoms with Crippen molar-refractivity contribution in [2.45, 2.75) is 105 Å². The number of quaternary nitrogens is 1. The Labute approximate surface area is 213 Å². The molecule has 0 saturated heterocycles. The first kappa shape index (κ1) is 33.1. The maximum atomic E-state index is 11.9. The smallest absolute Gasteiger partial charge is 0.312 e. The summed E-state index contributed by atoms with van der Waals surface area (Å²) >= 11 is 0. The van der Waals surface area contributed by atoms with Gasteiger partial charge in [-0.3, -0.25) is 14.4 Å². The summed E-state index contributed by atoms with van der Waals surface area (Å²) in [4.78, 5) is 35.7. The van der Waals surface area contributed by atoms with Crippen LogP contribution in [0, 0.1) is 17.8 Å². The lowest BCUT2D eigenvalue weighted by atomic mass is 9.95. The van der Waals surface area contributed by atoms with Crippen molar-refractivity contribution in [3.8, 4) is 0 Å². The Hall–Kier alpha value is -1.89. The summed E-state index contributed by atoms with van der Waals surface area (Å²) in [5.74, 6) is -4.55. The minimum Gasteiger partial charge on any atom is -0.481 e. The summed E-state index contributed by atoms with van der Waals surface area (Å²) in [5, 5.41) is 29.2. The number of carboxylic acids is 3. The summed E-state index contributed by atoms with van der Waals surface area (Å²) in [7, 11) is 0. The quantitative estimate of drug-likeness (QED) is 0.0875. The highest BCUT2D eigenvalue weighted by Crippen LogP contribution is 2.25. The number of allylic oxidation sites excluding steroid dienone is 2. The van der Waals surface area contributed by atoms with Crippen LogP contribution < -0.4 is 0 Å². The fraction of sp³-hybridized carbons (Fsp3) is 0.821. The van der Waals surface area contributed by atoms with Gasteiger partial charge in [0.1, 0.15) is 17.8 Å². The molecule has 3 N–H and O–H groups in total. The standard InChI is InChI=1S/C28H51NO6/c1-5-9-10-11-12-13-14-15-16-17-18-19-29(20-23(6-2)26(30)31,21-24(7-3)27(32)33)22-25(8-4)28(34)35/h12-13,23-25H,5-11,14-22H2,1-4H3,(H2-,30,31,32,33,34,35)/p+1/b13-12+. The summed E-state index contributed by atoms with van der Waals surface area (Å²) in [6.45, 7) is 9.13. The molecule has 0 saturated carbocycles. The zero-order valence-corrected chi connectivity index (χ0v) is 22.7. The first-order chi connectivity index (χ1) is 16.7. The van der Waals surface area contributed by atoms with E-state index in [1.54, 1.807) is 0 Å². The Balaban J connectivity index is 5.38. The van der Waals surface area contributed by atoms with Crippen molar-refractivity contribution in [1.82, 2.24) is 0 Å². The zero-order chi connectivity index (χ0) is 26.7. The van der Waals surface area contributed by atoms with E-state index in [1.165, 1.54) is 19.3 Å². The van der Waals surface area contributed by atoms with E-state index in [2.05, 4.69) is 19.1 Å². The molecule has 0 spiro atoms. The van der Waals surface area contributed by atoms with Crippen LogP contribution in [0.3, 0.4) is 0 Å². The van der Waals surface area contributed by atoms with Gasteiger partial charge in [-0.15, -0.1) is 0 Å². The van der Waals surface area contributed by atoms with Gasteiger partial charge in [-0.25, -0.2) is 0 Å². The second-order valence-electron chi connectivity index (χ2n) is 10.1. The van der Waals surface area contributed by atoms with Gasteiger partial charge < -0.3 is 19.8 Å². The van der Waals surface area contributed by atoms with Gasteiger partial charge in [-0.1, -0.05) is 59.1 Å².